The van der Waals surface area contributed by atoms with E-state index in [-0.39, 0.29) is 5.91 Å². The molecule has 3 rings (SSSR count). The smallest absolute Gasteiger partial charge is 0.268 e. The number of anilines is 1. The van der Waals surface area contributed by atoms with Crippen LogP contribution in [0, 0.1) is 6.92 Å². The number of rotatable bonds is 2. The fraction of sp³-hybridized carbons (Fsp3) is 0.0667. The molecule has 7 heteroatoms. The maximum absolute atomic E-state index is 12.6. The van der Waals surface area contributed by atoms with Crippen LogP contribution in [0.2, 0.25) is 10.0 Å². The van der Waals surface area contributed by atoms with E-state index >= 15 is 0 Å². The standard InChI is InChI=1S/C15H9Cl2NOS3/c1-8-4-5-21-12(8)7-13-14(19)18(15(20)22-13)9-2-3-10(16)11(17)6-9/h2-7H,1H3. The van der Waals surface area contributed by atoms with E-state index in [9.17, 15) is 4.79 Å². The van der Waals surface area contributed by atoms with Crippen LogP contribution in [0.4, 0.5) is 5.69 Å². The number of benzene rings is 1. The fourth-order valence-electron chi connectivity index (χ4n) is 1.97. The predicted molar refractivity (Wildman–Crippen MR) is 101 cm³/mol. The van der Waals surface area contributed by atoms with E-state index in [0.29, 0.717) is 25.0 Å². The quantitative estimate of drug-likeness (QED) is 0.483. The first-order chi connectivity index (χ1) is 10.5. The van der Waals surface area contributed by atoms with Gasteiger partial charge in [0.15, 0.2) is 4.32 Å². The number of hydrogen-bond acceptors (Lipinski definition) is 4. The van der Waals surface area contributed by atoms with Crippen molar-refractivity contribution in [3.63, 3.8) is 0 Å². The molecule has 0 saturated carbocycles. The van der Waals surface area contributed by atoms with Gasteiger partial charge in [-0.25, -0.2) is 0 Å². The highest BCUT2D eigenvalue weighted by atomic mass is 35.5. The van der Waals surface area contributed by atoms with Gasteiger partial charge in [-0.1, -0.05) is 47.2 Å². The van der Waals surface area contributed by atoms with Gasteiger partial charge in [0, 0.05) is 4.88 Å². The Hall–Kier alpha value is -0.850. The zero-order valence-corrected chi connectivity index (χ0v) is 15.3. The molecule has 0 bridgehead atoms. The minimum Gasteiger partial charge on any atom is -0.268 e. The monoisotopic (exact) mass is 385 g/mol. The number of carbonyl (C=O) groups is 1. The van der Waals surface area contributed by atoms with Gasteiger partial charge in [0.25, 0.3) is 5.91 Å². The Bertz CT molecular complexity index is 813. The molecule has 1 aromatic carbocycles. The maximum atomic E-state index is 12.6. The molecule has 0 atom stereocenters. The van der Waals surface area contributed by atoms with E-state index in [1.165, 1.54) is 16.7 Å². The zero-order chi connectivity index (χ0) is 15.9. The molecule has 2 nitrogen and oxygen atoms in total. The molecule has 0 unspecified atom stereocenters. The Balaban J connectivity index is 1.96. The summed E-state index contributed by atoms with van der Waals surface area (Å²) in [4.78, 5) is 15.8. The minimum atomic E-state index is -0.138. The number of carbonyl (C=O) groups excluding carboxylic acids is 1. The molecule has 0 aliphatic carbocycles. The lowest BCUT2D eigenvalue weighted by Crippen LogP contribution is -2.27. The summed E-state index contributed by atoms with van der Waals surface area (Å²) < 4.78 is 0.490. The summed E-state index contributed by atoms with van der Waals surface area (Å²) in [5.74, 6) is -0.138. The molecule has 1 aromatic heterocycles. The van der Waals surface area contributed by atoms with Gasteiger partial charge in [0.05, 0.1) is 20.6 Å². The molecule has 2 heterocycles. The average Bonchev–Trinajstić information content (AvgIpc) is 2.99. The topological polar surface area (TPSA) is 20.3 Å². The SMILES string of the molecule is Cc1ccsc1C=C1SC(=S)N(c2ccc(Cl)c(Cl)c2)C1=O. The van der Waals surface area contributed by atoms with Crippen molar-refractivity contribution in [3.8, 4) is 0 Å². The normalized spacial score (nSPS) is 16.9. The second kappa shape index (κ2) is 6.34. The summed E-state index contributed by atoms with van der Waals surface area (Å²) in [5.41, 5.74) is 1.77. The molecule has 1 aliphatic heterocycles. The molecule has 1 saturated heterocycles. The number of nitrogens with zero attached hydrogens (tertiary/aromatic N) is 1. The first kappa shape index (κ1) is 16.0. The lowest BCUT2D eigenvalue weighted by Gasteiger charge is -2.15. The van der Waals surface area contributed by atoms with Crippen LogP contribution in [0.3, 0.4) is 0 Å². The third kappa shape index (κ3) is 2.96. The van der Waals surface area contributed by atoms with Gasteiger partial charge < -0.3 is 0 Å². The van der Waals surface area contributed by atoms with Gasteiger partial charge in [-0.3, -0.25) is 9.69 Å². The van der Waals surface area contributed by atoms with Crippen LogP contribution in [0.1, 0.15) is 10.4 Å². The van der Waals surface area contributed by atoms with Crippen molar-refractivity contribution in [2.45, 2.75) is 6.92 Å². The van der Waals surface area contributed by atoms with Crippen molar-refractivity contribution in [1.29, 1.82) is 0 Å². The van der Waals surface area contributed by atoms with Gasteiger partial charge >= 0.3 is 0 Å². The maximum Gasteiger partial charge on any atom is 0.270 e. The lowest BCUT2D eigenvalue weighted by molar-refractivity contribution is -0.113. The number of thiocarbonyl (C=S) groups is 1. The second-order valence-corrected chi connectivity index (χ2v) is 8.02. The molecule has 22 heavy (non-hydrogen) atoms. The van der Waals surface area contributed by atoms with Crippen molar-refractivity contribution < 1.29 is 4.79 Å². The van der Waals surface area contributed by atoms with Crippen LogP contribution in [0.5, 0.6) is 0 Å². The number of hydrogen-bond donors (Lipinski definition) is 0. The highest BCUT2D eigenvalue weighted by molar-refractivity contribution is 8.27. The molecular formula is C15H9Cl2NOS3. The predicted octanol–water partition coefficient (Wildman–Crippen LogP) is 5.77. The van der Waals surface area contributed by atoms with Crippen molar-refractivity contribution in [2.75, 3.05) is 4.90 Å². The Morgan fingerprint density at radius 3 is 2.64 bits per heavy atom. The number of aryl methyl sites for hydroxylation is 1. The van der Waals surface area contributed by atoms with Crippen molar-refractivity contribution >= 4 is 80.5 Å². The molecule has 0 N–H and O–H groups in total. The largest absolute Gasteiger partial charge is 0.270 e. The number of thiophene rings is 1. The van der Waals surface area contributed by atoms with Crippen LogP contribution in [0.15, 0.2) is 34.6 Å². The molecule has 1 amide bonds. The zero-order valence-electron chi connectivity index (χ0n) is 11.3. The minimum absolute atomic E-state index is 0.138. The van der Waals surface area contributed by atoms with Gasteiger partial charge in [0.2, 0.25) is 0 Å². The third-order valence-corrected chi connectivity index (χ3v) is 6.13. The lowest BCUT2D eigenvalue weighted by atomic mass is 10.2. The average molecular weight is 386 g/mol. The molecule has 112 valence electrons. The summed E-state index contributed by atoms with van der Waals surface area (Å²) in [6.45, 7) is 2.02. The summed E-state index contributed by atoms with van der Waals surface area (Å²) in [7, 11) is 0. The van der Waals surface area contributed by atoms with E-state index < -0.39 is 0 Å². The van der Waals surface area contributed by atoms with Crippen LogP contribution >= 0.6 is 58.5 Å². The fourth-order valence-corrected chi connectivity index (χ4v) is 4.47. The van der Waals surface area contributed by atoms with Gasteiger partial charge in [-0.2, -0.15) is 0 Å². The van der Waals surface area contributed by atoms with Crippen LogP contribution in [-0.2, 0) is 4.79 Å². The number of amides is 1. The van der Waals surface area contributed by atoms with Crippen LogP contribution in [-0.4, -0.2) is 10.2 Å². The number of thioether (sulfide) groups is 1. The molecule has 0 radical (unpaired) electrons. The summed E-state index contributed by atoms with van der Waals surface area (Å²) in [6.07, 6.45) is 1.89. The first-order valence-electron chi connectivity index (χ1n) is 6.24. The van der Waals surface area contributed by atoms with Crippen molar-refractivity contribution in [2.24, 2.45) is 0 Å². The van der Waals surface area contributed by atoms with Gasteiger partial charge in [-0.05, 0) is 48.2 Å². The van der Waals surface area contributed by atoms with Crippen LogP contribution < -0.4 is 4.90 Å². The Kier molecular flexibility index (Phi) is 4.61. The Labute approximate surface area is 151 Å². The van der Waals surface area contributed by atoms with E-state index in [0.717, 1.165) is 10.4 Å². The Morgan fingerprint density at radius 1 is 1.23 bits per heavy atom. The molecule has 0 spiro atoms. The summed E-state index contributed by atoms with van der Waals surface area (Å²) in [6, 6.07) is 7.06. The van der Waals surface area contributed by atoms with Crippen LogP contribution in [0.25, 0.3) is 6.08 Å². The number of halogens is 2. The van der Waals surface area contributed by atoms with Crippen molar-refractivity contribution in [3.05, 3.63) is 55.0 Å². The summed E-state index contributed by atoms with van der Waals surface area (Å²) in [5, 5.41) is 2.84. The van der Waals surface area contributed by atoms with E-state index in [1.807, 2.05) is 24.4 Å². The van der Waals surface area contributed by atoms with Crippen molar-refractivity contribution in [1.82, 2.24) is 0 Å². The third-order valence-electron chi connectivity index (χ3n) is 3.12. The van der Waals surface area contributed by atoms with E-state index in [1.54, 1.807) is 29.5 Å². The molecular weight excluding hydrogens is 377 g/mol. The van der Waals surface area contributed by atoms with Gasteiger partial charge in [-0.15, -0.1) is 11.3 Å². The molecule has 1 fully saturated rings. The second-order valence-electron chi connectivity index (χ2n) is 4.58. The Morgan fingerprint density at radius 2 is 2.00 bits per heavy atom. The van der Waals surface area contributed by atoms with E-state index in [4.69, 9.17) is 35.4 Å². The first-order valence-corrected chi connectivity index (χ1v) is 9.10. The van der Waals surface area contributed by atoms with Gasteiger partial charge in [0.1, 0.15) is 0 Å². The highest BCUT2D eigenvalue weighted by Crippen LogP contribution is 2.38. The molecule has 1 aliphatic rings. The highest BCUT2D eigenvalue weighted by Gasteiger charge is 2.33. The molecule has 2 aromatic rings. The van der Waals surface area contributed by atoms with E-state index in [2.05, 4.69) is 0 Å². The summed E-state index contributed by atoms with van der Waals surface area (Å²) >= 11 is 20.2.